The zero-order chi connectivity index (χ0) is 33.0. The zero-order valence-electron chi connectivity index (χ0n) is 32.5. The van der Waals surface area contributed by atoms with Crippen molar-refractivity contribution < 1.29 is 0 Å². The number of unbranched alkanes of at least 4 members (excludes halogenated alkanes) is 32. The maximum Gasteiger partial charge on any atom is 0.101 e. The molecule has 0 bridgehead atoms. The van der Waals surface area contributed by atoms with Crippen LogP contribution in [0.3, 0.4) is 0 Å². The summed E-state index contributed by atoms with van der Waals surface area (Å²) < 4.78 is 0. The van der Waals surface area contributed by atoms with Gasteiger partial charge in [0.15, 0.2) is 0 Å². The van der Waals surface area contributed by atoms with Crippen molar-refractivity contribution in [3.63, 3.8) is 0 Å². The number of nitrogens with zero attached hydrogens (tertiary/aromatic N) is 2. The Hall–Kier alpha value is -0.660. The van der Waals surface area contributed by atoms with Gasteiger partial charge in [0.1, 0.15) is 6.17 Å². The molecule has 1 unspecified atom stereocenters. The fourth-order valence-electron chi connectivity index (χ4n) is 7.60. The van der Waals surface area contributed by atoms with Gasteiger partial charge >= 0.3 is 0 Å². The topological polar surface area (TPSA) is 6.48 Å². The van der Waals surface area contributed by atoms with E-state index < -0.39 is 0 Å². The van der Waals surface area contributed by atoms with Crippen molar-refractivity contribution in [2.24, 2.45) is 0 Å². The molecule has 1 atom stereocenters. The maximum absolute atomic E-state index is 2.73. The minimum absolute atomic E-state index is 0.638. The minimum Gasteiger partial charge on any atom is -0.356 e. The Balaban J connectivity index is 2.18. The van der Waals surface area contributed by atoms with Gasteiger partial charge in [-0.2, -0.15) is 0 Å². The summed E-state index contributed by atoms with van der Waals surface area (Å²) in [5.41, 5.74) is 0. The van der Waals surface area contributed by atoms with E-state index in [9.17, 15) is 0 Å². The van der Waals surface area contributed by atoms with Crippen LogP contribution >= 0.6 is 0 Å². The highest BCUT2D eigenvalue weighted by Gasteiger charge is 2.24. The lowest BCUT2D eigenvalue weighted by atomic mass is 10.0. The molecule has 0 saturated heterocycles. The molecule has 2 heteroatoms. The van der Waals surface area contributed by atoms with Gasteiger partial charge in [-0.3, -0.25) is 0 Å². The molecule has 2 nitrogen and oxygen atoms in total. The fraction of sp³-hybridized carbons (Fsp3) is 0.955. The average Bonchev–Trinajstić information content (AvgIpc) is 3.45. The highest BCUT2D eigenvalue weighted by molar-refractivity contribution is 4.97. The molecule has 0 aromatic rings. The summed E-state index contributed by atoms with van der Waals surface area (Å²) in [5, 5.41) is 0. The first-order valence-electron chi connectivity index (χ1n) is 22.0. The first kappa shape index (κ1) is 43.4. The van der Waals surface area contributed by atoms with Gasteiger partial charge in [0.05, 0.1) is 0 Å². The van der Waals surface area contributed by atoms with Crippen LogP contribution in [-0.4, -0.2) is 29.1 Å². The third-order valence-corrected chi connectivity index (χ3v) is 10.8. The molecular weight excluding hydrogens is 556 g/mol. The molecular formula is C44H88N2. The molecule has 1 aliphatic rings. The van der Waals surface area contributed by atoms with E-state index in [0.29, 0.717) is 6.17 Å². The van der Waals surface area contributed by atoms with Gasteiger partial charge < -0.3 is 9.80 Å². The van der Waals surface area contributed by atoms with Gasteiger partial charge in [-0.1, -0.05) is 226 Å². The van der Waals surface area contributed by atoms with Crippen molar-refractivity contribution in [1.29, 1.82) is 0 Å². The van der Waals surface area contributed by atoms with Gasteiger partial charge in [0.25, 0.3) is 0 Å². The molecule has 274 valence electrons. The first-order chi connectivity index (χ1) is 22.8. The predicted octanol–water partition coefficient (Wildman–Crippen LogP) is 15.5. The lowest BCUT2D eigenvalue weighted by Gasteiger charge is -2.33. The minimum atomic E-state index is 0.638. The van der Waals surface area contributed by atoms with Crippen LogP contribution in [0.5, 0.6) is 0 Å². The molecule has 0 amide bonds. The number of rotatable bonds is 38. The van der Waals surface area contributed by atoms with E-state index in [1.807, 2.05) is 0 Å². The van der Waals surface area contributed by atoms with Gasteiger partial charge in [-0.25, -0.2) is 0 Å². The van der Waals surface area contributed by atoms with Crippen LogP contribution < -0.4 is 0 Å². The van der Waals surface area contributed by atoms with E-state index in [-0.39, 0.29) is 0 Å². The summed E-state index contributed by atoms with van der Waals surface area (Å²) in [6, 6.07) is 0. The summed E-state index contributed by atoms with van der Waals surface area (Å²) in [7, 11) is 0. The Bertz CT molecular complexity index is 601. The van der Waals surface area contributed by atoms with Crippen LogP contribution in [0.2, 0.25) is 0 Å². The van der Waals surface area contributed by atoms with Gasteiger partial charge in [-0.05, 0) is 25.7 Å². The molecule has 0 radical (unpaired) electrons. The lowest BCUT2D eigenvalue weighted by Crippen LogP contribution is -2.39. The van der Waals surface area contributed by atoms with Crippen LogP contribution in [-0.2, 0) is 0 Å². The first-order valence-corrected chi connectivity index (χ1v) is 22.0. The molecule has 0 aromatic carbocycles. The Labute approximate surface area is 292 Å². The van der Waals surface area contributed by atoms with Crippen LogP contribution in [0, 0.1) is 0 Å². The van der Waals surface area contributed by atoms with Crippen molar-refractivity contribution in [2.45, 2.75) is 258 Å². The van der Waals surface area contributed by atoms with Crippen molar-refractivity contribution in [3.05, 3.63) is 12.4 Å². The van der Waals surface area contributed by atoms with E-state index in [1.54, 1.807) is 0 Å². The third kappa shape index (κ3) is 27.3. The molecule has 0 N–H and O–H groups in total. The molecule has 0 spiro atoms. The number of hydrogen-bond acceptors (Lipinski definition) is 2. The molecule has 1 aliphatic heterocycles. The maximum atomic E-state index is 2.73. The molecule has 0 aliphatic carbocycles. The van der Waals surface area contributed by atoms with E-state index >= 15 is 0 Å². The van der Waals surface area contributed by atoms with E-state index in [1.165, 1.54) is 244 Å². The van der Waals surface area contributed by atoms with Gasteiger partial charge in [0, 0.05) is 25.5 Å². The van der Waals surface area contributed by atoms with Crippen molar-refractivity contribution in [1.82, 2.24) is 9.80 Å². The quantitative estimate of drug-likeness (QED) is 0.0617. The Kier molecular flexibility index (Phi) is 33.6. The smallest absolute Gasteiger partial charge is 0.101 e. The largest absolute Gasteiger partial charge is 0.356 e. The second kappa shape index (κ2) is 35.6. The summed E-state index contributed by atoms with van der Waals surface area (Å²) in [5.74, 6) is 0. The van der Waals surface area contributed by atoms with E-state index in [4.69, 9.17) is 0 Å². The van der Waals surface area contributed by atoms with Crippen molar-refractivity contribution in [3.8, 4) is 0 Å². The Morgan fingerprint density at radius 1 is 0.283 bits per heavy atom. The molecule has 0 aromatic heterocycles. The number of hydrogen-bond donors (Lipinski definition) is 0. The SMILES string of the molecule is CCCCCCCCCCCCCCCCCN1C=CN(CCCCCCCCCC)C1CCCCCCCCCCCCCC. The van der Waals surface area contributed by atoms with Crippen molar-refractivity contribution >= 4 is 0 Å². The van der Waals surface area contributed by atoms with Gasteiger partial charge in [-0.15, -0.1) is 0 Å². The van der Waals surface area contributed by atoms with Crippen LogP contribution in [0.4, 0.5) is 0 Å². The Morgan fingerprint density at radius 3 is 0.761 bits per heavy atom. The third-order valence-electron chi connectivity index (χ3n) is 10.8. The van der Waals surface area contributed by atoms with Gasteiger partial charge in [0.2, 0.25) is 0 Å². The standard InChI is InChI=1S/C44H88N2/c1-4-7-10-13-16-19-21-23-24-25-27-29-32-35-38-41-46-43-42-45(40-37-34-31-18-15-12-9-6-3)44(46)39-36-33-30-28-26-22-20-17-14-11-8-5-2/h42-44H,4-41H2,1-3H3. The highest BCUT2D eigenvalue weighted by Crippen LogP contribution is 2.24. The molecule has 1 rings (SSSR count). The zero-order valence-corrected chi connectivity index (χ0v) is 32.5. The van der Waals surface area contributed by atoms with Crippen LogP contribution in [0.1, 0.15) is 252 Å². The summed E-state index contributed by atoms with van der Waals surface area (Å²) in [4.78, 5) is 5.45. The fourth-order valence-corrected chi connectivity index (χ4v) is 7.60. The lowest BCUT2D eigenvalue weighted by molar-refractivity contribution is 0.135. The molecule has 1 heterocycles. The molecule has 0 fully saturated rings. The second-order valence-electron chi connectivity index (χ2n) is 15.4. The van der Waals surface area contributed by atoms with E-state index in [0.717, 1.165) is 0 Å². The van der Waals surface area contributed by atoms with Crippen molar-refractivity contribution in [2.75, 3.05) is 13.1 Å². The summed E-state index contributed by atoms with van der Waals surface area (Å²) >= 11 is 0. The second-order valence-corrected chi connectivity index (χ2v) is 15.4. The summed E-state index contributed by atoms with van der Waals surface area (Å²) in [6.07, 6.45) is 57.4. The molecule has 46 heavy (non-hydrogen) atoms. The predicted molar refractivity (Wildman–Crippen MR) is 210 cm³/mol. The normalized spacial score (nSPS) is 14.7. The van der Waals surface area contributed by atoms with Crippen LogP contribution in [0.25, 0.3) is 0 Å². The van der Waals surface area contributed by atoms with E-state index in [2.05, 4.69) is 43.0 Å². The molecule has 0 saturated carbocycles. The Morgan fingerprint density at radius 2 is 0.500 bits per heavy atom. The highest BCUT2D eigenvalue weighted by atomic mass is 15.4. The average molecular weight is 645 g/mol. The van der Waals surface area contributed by atoms with Crippen LogP contribution in [0.15, 0.2) is 12.4 Å². The monoisotopic (exact) mass is 645 g/mol. The summed E-state index contributed by atoms with van der Waals surface area (Å²) in [6.45, 7) is 9.49.